The molecule has 3 aromatic heterocycles. The van der Waals surface area contributed by atoms with Crippen LogP contribution in [0, 0.1) is 0 Å². The van der Waals surface area contributed by atoms with Crippen molar-refractivity contribution < 1.29 is 0 Å². The Bertz CT molecular complexity index is 1000. The molecule has 0 N–H and O–H groups in total. The maximum atomic E-state index is 6.06. The first kappa shape index (κ1) is 19.4. The zero-order valence-corrected chi connectivity index (χ0v) is 17.4. The van der Waals surface area contributed by atoms with Gasteiger partial charge in [0.15, 0.2) is 0 Å². The molecule has 0 unspecified atom stereocenters. The van der Waals surface area contributed by atoms with E-state index in [4.69, 9.17) is 11.6 Å². The topological polar surface area (TPSA) is 41.9 Å². The van der Waals surface area contributed by atoms with Crippen molar-refractivity contribution in [1.29, 1.82) is 0 Å². The van der Waals surface area contributed by atoms with Crippen LogP contribution in [-0.2, 0) is 0 Å². The van der Waals surface area contributed by atoms with Gasteiger partial charge in [-0.15, -0.1) is 11.8 Å². The van der Waals surface area contributed by atoms with E-state index in [0.717, 1.165) is 22.5 Å². The van der Waals surface area contributed by atoms with E-state index in [-0.39, 0.29) is 6.04 Å². The van der Waals surface area contributed by atoms with E-state index in [9.17, 15) is 0 Å². The van der Waals surface area contributed by atoms with Crippen LogP contribution in [0.2, 0.25) is 5.15 Å². The van der Waals surface area contributed by atoms with E-state index in [1.807, 2.05) is 36.7 Å². The number of hydrogen-bond acceptors (Lipinski definition) is 5. The number of hydrogen-bond donors (Lipinski definition) is 0. The smallest absolute Gasteiger partial charge is 0.129 e. The fourth-order valence-corrected chi connectivity index (χ4v) is 3.79. The molecule has 0 saturated carbocycles. The molecule has 4 nitrogen and oxygen atoms in total. The molecule has 0 bridgehead atoms. The lowest BCUT2D eigenvalue weighted by molar-refractivity contribution is 0.806. The highest BCUT2D eigenvalue weighted by Crippen LogP contribution is 2.39. The molecule has 144 valence electrons. The maximum absolute atomic E-state index is 6.06. The number of rotatable bonds is 6. The van der Waals surface area contributed by atoms with Gasteiger partial charge in [-0.1, -0.05) is 23.7 Å². The fraction of sp³-hybridized carbons (Fsp3) is 0.0870. The first-order valence-corrected chi connectivity index (χ1v) is 10.7. The first-order valence-electron chi connectivity index (χ1n) is 9.11. The van der Waals surface area contributed by atoms with Crippen LogP contribution in [0.15, 0.2) is 96.5 Å². The number of benzene rings is 1. The summed E-state index contributed by atoms with van der Waals surface area (Å²) in [6.45, 7) is 0. The Labute approximate surface area is 179 Å². The van der Waals surface area contributed by atoms with Gasteiger partial charge < -0.3 is 4.90 Å². The van der Waals surface area contributed by atoms with E-state index >= 15 is 0 Å². The van der Waals surface area contributed by atoms with Crippen molar-refractivity contribution >= 4 is 34.7 Å². The van der Waals surface area contributed by atoms with Gasteiger partial charge in [0.2, 0.25) is 0 Å². The highest BCUT2D eigenvalue weighted by Gasteiger charge is 2.25. The summed E-state index contributed by atoms with van der Waals surface area (Å²) >= 11 is 7.78. The van der Waals surface area contributed by atoms with Crippen molar-refractivity contribution in [3.8, 4) is 0 Å². The summed E-state index contributed by atoms with van der Waals surface area (Å²) in [4.78, 5) is 16.5. The summed E-state index contributed by atoms with van der Waals surface area (Å²) in [5, 5.41) is 0.464. The van der Waals surface area contributed by atoms with Crippen LogP contribution in [-0.4, -0.2) is 21.2 Å². The van der Waals surface area contributed by atoms with Crippen molar-refractivity contribution in [1.82, 2.24) is 15.0 Å². The molecule has 0 spiro atoms. The summed E-state index contributed by atoms with van der Waals surface area (Å²) in [6, 6.07) is 20.2. The molecule has 4 aromatic rings. The second-order valence-electron chi connectivity index (χ2n) is 6.38. The van der Waals surface area contributed by atoms with Gasteiger partial charge in [-0.3, -0.25) is 9.97 Å². The molecule has 0 aliphatic heterocycles. The van der Waals surface area contributed by atoms with Crippen LogP contribution in [0.4, 0.5) is 11.4 Å². The second-order valence-corrected chi connectivity index (χ2v) is 7.65. The molecule has 0 fully saturated rings. The first-order chi connectivity index (χ1) is 14.3. The summed E-state index contributed by atoms with van der Waals surface area (Å²) in [5.41, 5.74) is 4.10. The van der Waals surface area contributed by atoms with Gasteiger partial charge in [-0.2, -0.15) is 0 Å². The number of thioether (sulfide) groups is 1. The standard InChI is InChI=1S/C23H19ClN4S/c1-29-21-9-6-19(7-10-21)28(20-8-11-22(24)27-16-20)23(17-4-2-12-25-14-17)18-5-3-13-26-15-18/h2-16,23H,1H3. The van der Waals surface area contributed by atoms with Crippen molar-refractivity contribution in [2.75, 3.05) is 11.2 Å². The molecule has 0 aliphatic rings. The van der Waals surface area contributed by atoms with Crippen LogP contribution >= 0.6 is 23.4 Å². The summed E-state index contributed by atoms with van der Waals surface area (Å²) in [5.74, 6) is 0. The molecular weight excluding hydrogens is 400 g/mol. The minimum atomic E-state index is -0.125. The molecule has 29 heavy (non-hydrogen) atoms. The zero-order valence-electron chi connectivity index (χ0n) is 15.8. The van der Waals surface area contributed by atoms with Gasteiger partial charge in [0.25, 0.3) is 0 Å². The minimum absolute atomic E-state index is 0.125. The molecule has 0 atom stereocenters. The van der Waals surface area contributed by atoms with Gasteiger partial charge in [-0.25, -0.2) is 4.98 Å². The van der Waals surface area contributed by atoms with Gasteiger partial charge in [0.1, 0.15) is 5.15 Å². The van der Waals surface area contributed by atoms with Crippen LogP contribution < -0.4 is 4.90 Å². The Morgan fingerprint density at radius 1 is 0.793 bits per heavy atom. The van der Waals surface area contributed by atoms with Crippen molar-refractivity contribution in [3.63, 3.8) is 0 Å². The quantitative estimate of drug-likeness (QED) is 0.276. The van der Waals surface area contributed by atoms with Gasteiger partial charge in [0.05, 0.1) is 17.9 Å². The molecule has 3 heterocycles. The van der Waals surface area contributed by atoms with Crippen molar-refractivity contribution in [3.05, 3.63) is 108 Å². The van der Waals surface area contributed by atoms with Crippen LogP contribution in [0.1, 0.15) is 17.2 Å². The SMILES string of the molecule is CSc1ccc(N(c2ccc(Cl)nc2)C(c2cccnc2)c2cccnc2)cc1. The number of halogens is 1. The molecular formula is C23H19ClN4S. The molecule has 4 rings (SSSR count). The molecule has 0 radical (unpaired) electrons. The molecule has 0 saturated heterocycles. The summed E-state index contributed by atoms with van der Waals surface area (Å²) in [6.07, 6.45) is 11.2. The van der Waals surface area contributed by atoms with E-state index in [0.29, 0.717) is 5.15 Å². The minimum Gasteiger partial charge on any atom is -0.328 e. The Kier molecular flexibility index (Phi) is 6.08. The third-order valence-corrected chi connectivity index (χ3v) is 5.57. The monoisotopic (exact) mass is 418 g/mol. The van der Waals surface area contributed by atoms with Crippen molar-refractivity contribution in [2.24, 2.45) is 0 Å². The lowest BCUT2D eigenvalue weighted by atomic mass is 9.98. The van der Waals surface area contributed by atoms with Crippen molar-refractivity contribution in [2.45, 2.75) is 10.9 Å². The fourth-order valence-electron chi connectivity index (χ4n) is 3.27. The van der Waals surface area contributed by atoms with E-state index in [1.54, 1.807) is 30.4 Å². The molecule has 0 aliphatic carbocycles. The normalized spacial score (nSPS) is 10.9. The maximum Gasteiger partial charge on any atom is 0.129 e. The summed E-state index contributed by atoms with van der Waals surface area (Å²) in [7, 11) is 0. The average Bonchev–Trinajstić information content (AvgIpc) is 2.79. The Morgan fingerprint density at radius 2 is 1.41 bits per heavy atom. The second kappa shape index (κ2) is 9.07. The predicted molar refractivity (Wildman–Crippen MR) is 120 cm³/mol. The largest absolute Gasteiger partial charge is 0.328 e. The lowest BCUT2D eigenvalue weighted by Gasteiger charge is -2.34. The van der Waals surface area contributed by atoms with E-state index in [1.165, 1.54) is 4.90 Å². The highest BCUT2D eigenvalue weighted by atomic mass is 35.5. The zero-order chi connectivity index (χ0) is 20.1. The van der Waals surface area contributed by atoms with E-state index in [2.05, 4.69) is 62.5 Å². The third kappa shape index (κ3) is 4.42. The lowest BCUT2D eigenvalue weighted by Crippen LogP contribution is -2.25. The summed E-state index contributed by atoms with van der Waals surface area (Å²) < 4.78 is 0. The number of nitrogens with zero attached hydrogens (tertiary/aromatic N) is 4. The Morgan fingerprint density at radius 3 is 1.90 bits per heavy atom. The third-order valence-electron chi connectivity index (χ3n) is 4.60. The molecule has 6 heteroatoms. The number of aromatic nitrogens is 3. The van der Waals surface area contributed by atoms with Crippen LogP contribution in [0.5, 0.6) is 0 Å². The molecule has 1 aromatic carbocycles. The Balaban J connectivity index is 1.91. The Hall–Kier alpha value is -2.89. The highest BCUT2D eigenvalue weighted by molar-refractivity contribution is 7.98. The predicted octanol–water partition coefficient (Wildman–Crippen LogP) is 6.17. The average molecular weight is 419 g/mol. The van der Waals surface area contributed by atoms with Crippen LogP contribution in [0.3, 0.4) is 0 Å². The van der Waals surface area contributed by atoms with Gasteiger partial charge >= 0.3 is 0 Å². The molecule has 0 amide bonds. The van der Waals surface area contributed by atoms with Gasteiger partial charge in [-0.05, 0) is 65.9 Å². The van der Waals surface area contributed by atoms with Crippen LogP contribution in [0.25, 0.3) is 0 Å². The number of pyridine rings is 3. The number of anilines is 2. The van der Waals surface area contributed by atoms with E-state index < -0.39 is 0 Å². The van der Waals surface area contributed by atoms with Gasteiger partial charge in [0, 0.05) is 35.4 Å².